The first-order valence-electron chi connectivity index (χ1n) is 7.86. The third kappa shape index (κ3) is 4.33. The highest BCUT2D eigenvalue weighted by Crippen LogP contribution is 2.15. The quantitative estimate of drug-likeness (QED) is 0.845. The Hall–Kier alpha value is -2.39. The third-order valence-corrected chi connectivity index (χ3v) is 4.92. The number of nitriles is 1. The Morgan fingerprint density at radius 2 is 2.21 bits per heavy atom. The Morgan fingerprint density at radius 1 is 1.46 bits per heavy atom. The maximum absolute atomic E-state index is 12.2. The van der Waals surface area contributed by atoms with Gasteiger partial charge in [-0.3, -0.25) is 9.59 Å². The fourth-order valence-electron chi connectivity index (χ4n) is 2.79. The minimum atomic E-state index is -0.370. The predicted octanol–water partition coefficient (Wildman–Crippen LogP) is 2.60. The Labute approximate surface area is 145 Å². The van der Waals surface area contributed by atoms with Crippen LogP contribution in [0.15, 0.2) is 22.3 Å². The number of thiophene rings is 1. The zero-order valence-corrected chi connectivity index (χ0v) is 14.9. The van der Waals surface area contributed by atoms with Gasteiger partial charge in [-0.1, -0.05) is 6.07 Å². The molecule has 0 aliphatic carbocycles. The van der Waals surface area contributed by atoms with Gasteiger partial charge >= 0.3 is 0 Å². The first-order valence-corrected chi connectivity index (χ1v) is 8.74. The minimum Gasteiger partial charge on any atom is -0.353 e. The highest BCUT2D eigenvalue weighted by molar-refractivity contribution is 7.09. The number of H-pyrrole nitrogens is 1. The fourth-order valence-corrected chi connectivity index (χ4v) is 3.62. The number of hydrogen-bond acceptors (Lipinski definition) is 4. The number of pyridine rings is 1. The number of nitrogens with one attached hydrogen (secondary N) is 2. The van der Waals surface area contributed by atoms with Crippen molar-refractivity contribution < 1.29 is 4.79 Å². The highest BCUT2D eigenvalue weighted by atomic mass is 32.1. The number of aromatic amines is 1. The molecule has 6 heteroatoms. The Kier molecular flexibility index (Phi) is 5.93. The minimum absolute atomic E-state index is 0.0254. The van der Waals surface area contributed by atoms with Gasteiger partial charge in [0.05, 0.1) is 0 Å². The number of aromatic nitrogens is 1. The van der Waals surface area contributed by atoms with Gasteiger partial charge in [0, 0.05) is 29.5 Å². The van der Waals surface area contributed by atoms with Crippen molar-refractivity contribution in [3.8, 4) is 6.07 Å². The smallest absolute Gasteiger partial charge is 0.266 e. The van der Waals surface area contributed by atoms with E-state index in [1.165, 1.54) is 4.88 Å². The molecule has 0 fully saturated rings. The van der Waals surface area contributed by atoms with Crippen LogP contribution < -0.4 is 10.9 Å². The Balaban J connectivity index is 1.97. The number of hydrogen-bond donors (Lipinski definition) is 2. The molecule has 0 radical (unpaired) electrons. The van der Waals surface area contributed by atoms with Crippen molar-refractivity contribution in [3.63, 3.8) is 0 Å². The van der Waals surface area contributed by atoms with Gasteiger partial charge in [0.15, 0.2) is 0 Å². The van der Waals surface area contributed by atoms with Crippen molar-refractivity contribution in [2.24, 2.45) is 0 Å². The SMILES string of the molecule is Cc1[nH]c(=O)c(C#N)c(C)c1CCC(=O)N[C@@H](C)Cc1cccs1. The van der Waals surface area contributed by atoms with Crippen LogP contribution in [0.2, 0.25) is 0 Å². The van der Waals surface area contributed by atoms with E-state index >= 15 is 0 Å². The van der Waals surface area contributed by atoms with Crippen molar-refractivity contribution in [1.29, 1.82) is 5.26 Å². The molecule has 2 heterocycles. The van der Waals surface area contributed by atoms with Gasteiger partial charge in [-0.15, -0.1) is 11.3 Å². The van der Waals surface area contributed by atoms with Crippen LogP contribution in [0.4, 0.5) is 0 Å². The Bertz CT molecular complexity index is 816. The van der Waals surface area contributed by atoms with E-state index in [1.807, 2.05) is 24.4 Å². The van der Waals surface area contributed by atoms with E-state index in [-0.39, 0.29) is 23.1 Å². The van der Waals surface area contributed by atoms with Gasteiger partial charge in [0.2, 0.25) is 5.91 Å². The van der Waals surface area contributed by atoms with Gasteiger partial charge in [-0.25, -0.2) is 0 Å². The molecule has 1 atom stereocenters. The highest BCUT2D eigenvalue weighted by Gasteiger charge is 2.14. The maximum Gasteiger partial charge on any atom is 0.266 e. The van der Waals surface area contributed by atoms with E-state index in [9.17, 15) is 9.59 Å². The van der Waals surface area contributed by atoms with E-state index in [0.29, 0.717) is 18.4 Å². The van der Waals surface area contributed by atoms with E-state index < -0.39 is 0 Å². The molecule has 2 aromatic rings. The summed E-state index contributed by atoms with van der Waals surface area (Å²) in [7, 11) is 0. The summed E-state index contributed by atoms with van der Waals surface area (Å²) < 4.78 is 0. The summed E-state index contributed by atoms with van der Waals surface area (Å²) in [5.74, 6) is -0.0254. The van der Waals surface area contributed by atoms with Crippen molar-refractivity contribution in [2.75, 3.05) is 0 Å². The molecule has 126 valence electrons. The largest absolute Gasteiger partial charge is 0.353 e. The van der Waals surface area contributed by atoms with Gasteiger partial charge < -0.3 is 10.3 Å². The summed E-state index contributed by atoms with van der Waals surface area (Å²) in [5.41, 5.74) is 2.01. The van der Waals surface area contributed by atoms with Crippen LogP contribution in [-0.2, 0) is 17.6 Å². The molecule has 0 aliphatic rings. The lowest BCUT2D eigenvalue weighted by molar-refractivity contribution is -0.121. The molecule has 1 amide bonds. The number of rotatable bonds is 6. The molecule has 24 heavy (non-hydrogen) atoms. The lowest BCUT2D eigenvalue weighted by Crippen LogP contribution is -2.34. The second-order valence-electron chi connectivity index (χ2n) is 5.92. The molecule has 5 nitrogen and oxygen atoms in total. The van der Waals surface area contributed by atoms with E-state index in [4.69, 9.17) is 5.26 Å². The summed E-state index contributed by atoms with van der Waals surface area (Å²) in [6.07, 6.45) is 1.65. The van der Waals surface area contributed by atoms with E-state index in [2.05, 4.69) is 16.4 Å². The second-order valence-corrected chi connectivity index (χ2v) is 6.95. The monoisotopic (exact) mass is 343 g/mol. The fraction of sp³-hybridized carbons (Fsp3) is 0.389. The average Bonchev–Trinajstić information content (AvgIpc) is 2.99. The predicted molar refractivity (Wildman–Crippen MR) is 95.2 cm³/mol. The zero-order chi connectivity index (χ0) is 17.7. The lowest BCUT2D eigenvalue weighted by Gasteiger charge is -2.14. The van der Waals surface area contributed by atoms with Crippen molar-refractivity contribution in [1.82, 2.24) is 10.3 Å². The van der Waals surface area contributed by atoms with Gasteiger partial charge in [-0.2, -0.15) is 5.26 Å². The molecule has 2 N–H and O–H groups in total. The van der Waals surface area contributed by atoms with Crippen LogP contribution in [-0.4, -0.2) is 16.9 Å². The molecule has 0 saturated carbocycles. The number of carbonyl (C=O) groups excluding carboxylic acids is 1. The molecule has 2 aromatic heterocycles. The summed E-state index contributed by atoms with van der Waals surface area (Å²) in [6, 6.07) is 6.07. The average molecular weight is 343 g/mol. The molecule has 2 rings (SSSR count). The van der Waals surface area contributed by atoms with Crippen LogP contribution in [0, 0.1) is 25.2 Å². The van der Waals surface area contributed by atoms with Crippen LogP contribution in [0.1, 0.15) is 40.6 Å². The summed E-state index contributed by atoms with van der Waals surface area (Å²) >= 11 is 1.68. The molecule has 0 aromatic carbocycles. The van der Waals surface area contributed by atoms with Crippen LogP contribution in [0.3, 0.4) is 0 Å². The molecule has 0 unspecified atom stereocenters. The van der Waals surface area contributed by atoms with Gasteiger partial charge in [0.25, 0.3) is 5.56 Å². The van der Waals surface area contributed by atoms with Crippen molar-refractivity contribution in [2.45, 2.75) is 46.1 Å². The van der Waals surface area contributed by atoms with Crippen LogP contribution in [0.25, 0.3) is 0 Å². The van der Waals surface area contributed by atoms with Gasteiger partial charge in [-0.05, 0) is 49.8 Å². The van der Waals surface area contributed by atoms with Crippen LogP contribution in [0.5, 0.6) is 0 Å². The molecule has 0 spiro atoms. The first-order chi connectivity index (χ1) is 11.4. The topological polar surface area (TPSA) is 85.8 Å². The number of nitrogens with zero attached hydrogens (tertiary/aromatic N) is 1. The van der Waals surface area contributed by atoms with E-state index in [1.54, 1.807) is 25.2 Å². The third-order valence-electron chi connectivity index (χ3n) is 4.02. The summed E-state index contributed by atoms with van der Waals surface area (Å²) in [6.45, 7) is 5.54. The number of amides is 1. The summed E-state index contributed by atoms with van der Waals surface area (Å²) in [4.78, 5) is 27.8. The van der Waals surface area contributed by atoms with Crippen molar-refractivity contribution in [3.05, 3.63) is 55.1 Å². The second kappa shape index (κ2) is 7.93. The van der Waals surface area contributed by atoms with Crippen LogP contribution >= 0.6 is 11.3 Å². The molecule has 0 aliphatic heterocycles. The molecule has 0 saturated heterocycles. The Morgan fingerprint density at radius 3 is 2.83 bits per heavy atom. The lowest BCUT2D eigenvalue weighted by atomic mass is 9.99. The van der Waals surface area contributed by atoms with Crippen molar-refractivity contribution >= 4 is 17.2 Å². The number of carbonyl (C=O) groups is 1. The van der Waals surface area contributed by atoms with Gasteiger partial charge in [0.1, 0.15) is 11.6 Å². The zero-order valence-electron chi connectivity index (χ0n) is 14.1. The molecular weight excluding hydrogens is 322 g/mol. The maximum atomic E-state index is 12.2. The number of aryl methyl sites for hydroxylation is 1. The standard InChI is InChI=1S/C18H21N3O2S/c1-11(9-14-5-4-8-24-14)20-17(22)7-6-15-12(2)16(10-19)18(23)21-13(15)3/h4-5,8,11H,6-7,9H2,1-3H3,(H,20,22)(H,21,23)/t11-/m0/s1. The van der Waals surface area contributed by atoms with E-state index in [0.717, 1.165) is 17.7 Å². The first kappa shape index (κ1) is 18.0. The molecular formula is C18H21N3O2S. The summed E-state index contributed by atoms with van der Waals surface area (Å²) in [5, 5.41) is 14.1. The normalized spacial score (nSPS) is 11.8. The molecule has 0 bridgehead atoms.